The van der Waals surface area contributed by atoms with Crippen LogP contribution >= 0.6 is 0 Å². The Labute approximate surface area is 145 Å². The highest BCUT2D eigenvalue weighted by Crippen LogP contribution is 2.13. The van der Waals surface area contributed by atoms with Crippen LogP contribution in [0.15, 0.2) is 72.4 Å². The van der Waals surface area contributed by atoms with Crippen molar-refractivity contribution in [2.24, 2.45) is 5.10 Å². The van der Waals surface area contributed by atoms with Crippen LogP contribution in [-0.4, -0.2) is 26.9 Å². The third-order valence-electron chi connectivity index (χ3n) is 3.30. The SMILES string of the molecule is O=C(Cn1cncn1)N/N=C\c1ccc(OCc2ccccc2)cc1. The van der Waals surface area contributed by atoms with Crippen LogP contribution in [0.5, 0.6) is 5.75 Å². The zero-order valence-corrected chi connectivity index (χ0v) is 13.4. The van der Waals surface area contributed by atoms with Crippen LogP contribution in [0.25, 0.3) is 0 Å². The number of nitrogens with zero attached hydrogens (tertiary/aromatic N) is 4. The van der Waals surface area contributed by atoms with E-state index in [4.69, 9.17) is 4.74 Å². The van der Waals surface area contributed by atoms with Crippen molar-refractivity contribution >= 4 is 12.1 Å². The van der Waals surface area contributed by atoms with Gasteiger partial charge in [-0.3, -0.25) is 4.79 Å². The number of hydrazone groups is 1. The molecule has 7 nitrogen and oxygen atoms in total. The van der Waals surface area contributed by atoms with Crippen LogP contribution in [0, 0.1) is 0 Å². The van der Waals surface area contributed by atoms with Crippen molar-refractivity contribution in [1.29, 1.82) is 0 Å². The van der Waals surface area contributed by atoms with Crippen LogP contribution in [0.1, 0.15) is 11.1 Å². The van der Waals surface area contributed by atoms with Crippen molar-refractivity contribution in [3.05, 3.63) is 78.4 Å². The van der Waals surface area contributed by atoms with Crippen molar-refractivity contribution in [2.45, 2.75) is 13.2 Å². The van der Waals surface area contributed by atoms with Gasteiger partial charge in [-0.25, -0.2) is 15.1 Å². The molecule has 0 spiro atoms. The highest BCUT2D eigenvalue weighted by Gasteiger charge is 2.01. The van der Waals surface area contributed by atoms with Crippen LogP contribution in [0.3, 0.4) is 0 Å². The van der Waals surface area contributed by atoms with Gasteiger partial charge in [-0.1, -0.05) is 30.3 Å². The van der Waals surface area contributed by atoms with Crippen LogP contribution in [-0.2, 0) is 17.9 Å². The Hall–Kier alpha value is -3.48. The largest absolute Gasteiger partial charge is 0.489 e. The lowest BCUT2D eigenvalue weighted by Crippen LogP contribution is -2.23. The molecule has 3 aromatic rings. The smallest absolute Gasteiger partial charge is 0.261 e. The lowest BCUT2D eigenvalue weighted by Gasteiger charge is -2.06. The molecule has 0 aliphatic carbocycles. The highest BCUT2D eigenvalue weighted by atomic mass is 16.5. The summed E-state index contributed by atoms with van der Waals surface area (Å²) >= 11 is 0. The quantitative estimate of drug-likeness (QED) is 0.529. The van der Waals surface area contributed by atoms with Gasteiger partial charge in [0.25, 0.3) is 5.91 Å². The molecule has 7 heteroatoms. The molecule has 0 saturated carbocycles. The summed E-state index contributed by atoms with van der Waals surface area (Å²) in [5.41, 5.74) is 4.41. The van der Waals surface area contributed by atoms with Gasteiger partial charge in [0, 0.05) is 0 Å². The average molecular weight is 335 g/mol. The molecular weight excluding hydrogens is 318 g/mol. The fourth-order valence-corrected chi connectivity index (χ4v) is 2.07. The second-order valence-corrected chi connectivity index (χ2v) is 5.23. The van der Waals surface area contributed by atoms with E-state index in [-0.39, 0.29) is 12.5 Å². The normalized spacial score (nSPS) is 10.7. The first kappa shape index (κ1) is 16.4. The summed E-state index contributed by atoms with van der Waals surface area (Å²) in [6.45, 7) is 0.593. The van der Waals surface area contributed by atoms with E-state index >= 15 is 0 Å². The second kappa shape index (κ2) is 8.39. The van der Waals surface area contributed by atoms with Gasteiger partial charge in [-0.05, 0) is 35.4 Å². The lowest BCUT2D eigenvalue weighted by atomic mass is 10.2. The number of carbonyl (C=O) groups excluding carboxylic acids is 1. The van der Waals surface area contributed by atoms with Gasteiger partial charge in [-0.15, -0.1) is 0 Å². The maximum atomic E-state index is 11.6. The molecule has 0 saturated heterocycles. The molecule has 3 rings (SSSR count). The molecule has 1 amide bonds. The molecule has 0 bridgehead atoms. The molecule has 1 aromatic heterocycles. The monoisotopic (exact) mass is 335 g/mol. The van der Waals surface area contributed by atoms with Crippen molar-refractivity contribution in [3.8, 4) is 5.75 Å². The predicted molar refractivity (Wildman–Crippen MR) is 93.0 cm³/mol. The van der Waals surface area contributed by atoms with E-state index in [0.717, 1.165) is 16.9 Å². The van der Waals surface area contributed by atoms with E-state index in [1.807, 2.05) is 54.6 Å². The molecule has 25 heavy (non-hydrogen) atoms. The number of amides is 1. The molecule has 0 atom stereocenters. The highest BCUT2D eigenvalue weighted by molar-refractivity contribution is 5.82. The van der Waals surface area contributed by atoms with Crippen molar-refractivity contribution in [1.82, 2.24) is 20.2 Å². The fourth-order valence-electron chi connectivity index (χ4n) is 2.07. The second-order valence-electron chi connectivity index (χ2n) is 5.23. The van der Waals surface area contributed by atoms with Crippen LogP contribution in [0.4, 0.5) is 0 Å². The van der Waals surface area contributed by atoms with Gasteiger partial charge in [0.05, 0.1) is 6.21 Å². The minimum atomic E-state index is -0.274. The number of carbonyl (C=O) groups is 1. The van der Waals surface area contributed by atoms with Gasteiger partial charge in [0.1, 0.15) is 31.6 Å². The summed E-state index contributed by atoms with van der Waals surface area (Å²) in [6, 6.07) is 17.4. The van der Waals surface area contributed by atoms with E-state index in [1.54, 1.807) is 6.21 Å². The Morgan fingerprint density at radius 1 is 1.16 bits per heavy atom. The van der Waals surface area contributed by atoms with Crippen molar-refractivity contribution in [2.75, 3.05) is 0 Å². The van der Waals surface area contributed by atoms with Crippen LogP contribution < -0.4 is 10.2 Å². The van der Waals surface area contributed by atoms with E-state index in [1.165, 1.54) is 17.3 Å². The minimum absolute atomic E-state index is 0.0730. The topological polar surface area (TPSA) is 81.4 Å². The molecule has 0 aliphatic heterocycles. The minimum Gasteiger partial charge on any atom is -0.489 e. The summed E-state index contributed by atoms with van der Waals surface area (Å²) < 4.78 is 7.14. The van der Waals surface area contributed by atoms with Gasteiger partial charge in [0.15, 0.2) is 0 Å². The van der Waals surface area contributed by atoms with Gasteiger partial charge >= 0.3 is 0 Å². The van der Waals surface area contributed by atoms with Gasteiger partial charge in [0.2, 0.25) is 0 Å². The fraction of sp³-hybridized carbons (Fsp3) is 0.111. The number of nitrogens with one attached hydrogen (secondary N) is 1. The van der Waals surface area contributed by atoms with Gasteiger partial charge in [-0.2, -0.15) is 10.2 Å². The number of benzene rings is 2. The number of rotatable bonds is 7. The predicted octanol–water partition coefficient (Wildman–Crippen LogP) is 2.01. The molecule has 0 aliphatic rings. The molecule has 2 aromatic carbocycles. The molecule has 0 unspecified atom stereocenters. The molecule has 1 heterocycles. The number of hydrogen-bond acceptors (Lipinski definition) is 5. The first-order valence-electron chi connectivity index (χ1n) is 7.71. The summed E-state index contributed by atoms with van der Waals surface area (Å²) in [6.07, 6.45) is 4.41. The van der Waals surface area contributed by atoms with Gasteiger partial charge < -0.3 is 4.74 Å². The maximum Gasteiger partial charge on any atom is 0.261 e. The number of aromatic nitrogens is 3. The third kappa shape index (κ3) is 5.28. The zero-order chi connectivity index (χ0) is 17.3. The Morgan fingerprint density at radius 3 is 2.68 bits per heavy atom. The molecule has 126 valence electrons. The zero-order valence-electron chi connectivity index (χ0n) is 13.4. The van der Waals surface area contributed by atoms with E-state index in [2.05, 4.69) is 20.6 Å². The van der Waals surface area contributed by atoms with E-state index < -0.39 is 0 Å². The summed E-state index contributed by atoms with van der Waals surface area (Å²) in [4.78, 5) is 15.4. The summed E-state index contributed by atoms with van der Waals surface area (Å²) in [7, 11) is 0. The lowest BCUT2D eigenvalue weighted by molar-refractivity contribution is -0.121. The molecule has 0 fully saturated rings. The van der Waals surface area contributed by atoms with Crippen molar-refractivity contribution < 1.29 is 9.53 Å². The van der Waals surface area contributed by atoms with Crippen LogP contribution in [0.2, 0.25) is 0 Å². The van der Waals surface area contributed by atoms with Crippen molar-refractivity contribution in [3.63, 3.8) is 0 Å². The first-order valence-corrected chi connectivity index (χ1v) is 7.71. The summed E-state index contributed by atoms with van der Waals surface area (Å²) in [5, 5.41) is 7.77. The Morgan fingerprint density at radius 2 is 1.96 bits per heavy atom. The standard InChI is InChI=1S/C18H17N5O2/c24-18(11-23-14-19-13-21-23)22-20-10-15-6-8-17(9-7-15)25-12-16-4-2-1-3-5-16/h1-10,13-14H,11-12H2,(H,22,24)/b20-10-. The Bertz CT molecular complexity index is 814. The average Bonchev–Trinajstić information content (AvgIpc) is 3.15. The van der Waals surface area contributed by atoms with E-state index in [9.17, 15) is 4.79 Å². The summed E-state index contributed by atoms with van der Waals surface area (Å²) in [5.74, 6) is 0.501. The molecule has 1 N–H and O–H groups in total. The van der Waals surface area contributed by atoms with E-state index in [0.29, 0.717) is 6.61 Å². The maximum absolute atomic E-state index is 11.6. The number of hydrogen-bond donors (Lipinski definition) is 1. The third-order valence-corrected chi connectivity index (χ3v) is 3.30. The molecule has 0 radical (unpaired) electrons. The molecular formula is C18H17N5O2. The Kier molecular flexibility index (Phi) is 5.50. The number of ether oxygens (including phenoxy) is 1. The Balaban J connectivity index is 1.46. The first-order chi connectivity index (χ1) is 12.3.